The lowest BCUT2D eigenvalue weighted by molar-refractivity contribution is 0.311. The van der Waals surface area contributed by atoms with Crippen LogP contribution in [0.25, 0.3) is 0 Å². The van der Waals surface area contributed by atoms with E-state index >= 15 is 0 Å². The molecule has 1 N–H and O–H groups in total. The maximum absolute atomic E-state index is 8.76. The summed E-state index contributed by atoms with van der Waals surface area (Å²) in [5, 5.41) is 12.1. The van der Waals surface area contributed by atoms with Gasteiger partial charge in [-0.05, 0) is 19.8 Å². The molecule has 0 unspecified atom stereocenters. The summed E-state index contributed by atoms with van der Waals surface area (Å²) < 4.78 is 0. The Morgan fingerprint density at radius 3 is 1.79 bits per heavy atom. The van der Waals surface area contributed by atoms with Crippen molar-refractivity contribution in [2.45, 2.75) is 64.7 Å². The molecule has 0 heterocycles. The van der Waals surface area contributed by atoms with Crippen molar-refractivity contribution in [1.29, 1.82) is 0 Å². The van der Waals surface area contributed by atoms with Crippen LogP contribution in [0.4, 0.5) is 0 Å². The molecule has 0 spiro atoms. The maximum atomic E-state index is 8.76. The van der Waals surface area contributed by atoms with Crippen molar-refractivity contribution < 1.29 is 5.21 Å². The minimum Gasteiger partial charge on any atom is -0.411 e. The molecule has 1 fully saturated rings. The lowest BCUT2D eigenvalue weighted by Gasteiger charge is -2.17. The summed E-state index contributed by atoms with van der Waals surface area (Å²) in [5.74, 6) is 0.540. The molecule has 0 radical (unpaired) electrons. The SMILES string of the molecule is C/C(=N\O)C1CCCCCCCCC1. The number of oxime groups is 1. The van der Waals surface area contributed by atoms with Crippen LogP contribution < -0.4 is 0 Å². The highest BCUT2D eigenvalue weighted by molar-refractivity contribution is 5.83. The highest BCUT2D eigenvalue weighted by Gasteiger charge is 2.13. The van der Waals surface area contributed by atoms with Crippen LogP contribution in [-0.2, 0) is 0 Å². The number of hydrogen-bond acceptors (Lipinski definition) is 2. The minimum atomic E-state index is 0.540. The summed E-state index contributed by atoms with van der Waals surface area (Å²) in [6, 6.07) is 0. The fourth-order valence-corrected chi connectivity index (χ4v) is 2.31. The summed E-state index contributed by atoms with van der Waals surface area (Å²) >= 11 is 0. The Labute approximate surface area is 87.4 Å². The molecule has 0 atom stereocenters. The quantitative estimate of drug-likeness (QED) is 0.385. The summed E-state index contributed by atoms with van der Waals surface area (Å²) in [7, 11) is 0. The second-order valence-electron chi connectivity index (χ2n) is 4.49. The van der Waals surface area contributed by atoms with Crippen molar-refractivity contribution in [3.63, 3.8) is 0 Å². The van der Waals surface area contributed by atoms with Crippen LogP contribution in [0.3, 0.4) is 0 Å². The van der Waals surface area contributed by atoms with Crippen molar-refractivity contribution in [1.82, 2.24) is 0 Å². The van der Waals surface area contributed by atoms with Gasteiger partial charge >= 0.3 is 0 Å². The highest BCUT2D eigenvalue weighted by atomic mass is 16.4. The van der Waals surface area contributed by atoms with E-state index in [1.165, 1.54) is 57.8 Å². The molecule has 1 aliphatic carbocycles. The van der Waals surface area contributed by atoms with Crippen molar-refractivity contribution in [3.05, 3.63) is 0 Å². The Morgan fingerprint density at radius 1 is 0.929 bits per heavy atom. The Hall–Kier alpha value is -0.530. The molecular formula is C12H23NO. The first-order valence-electron chi connectivity index (χ1n) is 6.03. The predicted octanol–water partition coefficient (Wildman–Crippen LogP) is 3.98. The molecular weight excluding hydrogens is 174 g/mol. The van der Waals surface area contributed by atoms with E-state index in [9.17, 15) is 0 Å². The van der Waals surface area contributed by atoms with E-state index in [-0.39, 0.29) is 0 Å². The standard InChI is InChI=1S/C12H23NO/c1-11(13-14)12-9-7-5-3-2-4-6-8-10-12/h12,14H,2-10H2,1H3/b13-11+. The van der Waals surface area contributed by atoms with Crippen LogP contribution in [0.5, 0.6) is 0 Å². The molecule has 0 aromatic rings. The molecule has 1 rings (SSSR count). The van der Waals surface area contributed by atoms with Crippen molar-refractivity contribution in [3.8, 4) is 0 Å². The zero-order valence-electron chi connectivity index (χ0n) is 9.34. The highest BCUT2D eigenvalue weighted by Crippen LogP contribution is 2.22. The van der Waals surface area contributed by atoms with Crippen LogP contribution >= 0.6 is 0 Å². The van der Waals surface area contributed by atoms with E-state index in [1.54, 1.807) is 0 Å². The Bertz CT molecular complexity index is 167. The molecule has 82 valence electrons. The van der Waals surface area contributed by atoms with Gasteiger partial charge in [0.15, 0.2) is 0 Å². The van der Waals surface area contributed by atoms with Gasteiger partial charge in [-0.1, -0.05) is 50.1 Å². The van der Waals surface area contributed by atoms with Crippen LogP contribution in [0.2, 0.25) is 0 Å². The van der Waals surface area contributed by atoms with Gasteiger partial charge < -0.3 is 5.21 Å². The molecule has 0 aromatic carbocycles. The number of hydrogen-bond donors (Lipinski definition) is 1. The fourth-order valence-electron chi connectivity index (χ4n) is 2.31. The first kappa shape index (κ1) is 11.5. The summed E-state index contributed by atoms with van der Waals surface area (Å²) in [5.41, 5.74) is 0.936. The zero-order chi connectivity index (χ0) is 10.2. The number of nitrogens with zero attached hydrogens (tertiary/aromatic N) is 1. The molecule has 0 aromatic heterocycles. The molecule has 0 saturated heterocycles. The smallest absolute Gasteiger partial charge is 0.0570 e. The van der Waals surface area contributed by atoms with E-state index in [2.05, 4.69) is 5.16 Å². The van der Waals surface area contributed by atoms with Gasteiger partial charge in [0.2, 0.25) is 0 Å². The predicted molar refractivity (Wildman–Crippen MR) is 59.9 cm³/mol. The second kappa shape index (κ2) is 6.86. The van der Waals surface area contributed by atoms with E-state index < -0.39 is 0 Å². The van der Waals surface area contributed by atoms with E-state index in [1.807, 2.05) is 6.92 Å². The third-order valence-electron chi connectivity index (χ3n) is 3.35. The van der Waals surface area contributed by atoms with Crippen LogP contribution in [-0.4, -0.2) is 10.9 Å². The van der Waals surface area contributed by atoms with Crippen LogP contribution in [0.1, 0.15) is 64.7 Å². The van der Waals surface area contributed by atoms with Gasteiger partial charge in [-0.25, -0.2) is 0 Å². The van der Waals surface area contributed by atoms with Gasteiger partial charge in [-0.3, -0.25) is 0 Å². The van der Waals surface area contributed by atoms with Gasteiger partial charge in [-0.15, -0.1) is 0 Å². The molecule has 2 heteroatoms. The Kier molecular flexibility index (Phi) is 5.65. The lowest BCUT2D eigenvalue weighted by atomic mass is 9.89. The summed E-state index contributed by atoms with van der Waals surface area (Å²) in [4.78, 5) is 0. The normalized spacial score (nSPS) is 23.4. The lowest BCUT2D eigenvalue weighted by Crippen LogP contribution is -2.12. The van der Waals surface area contributed by atoms with E-state index in [4.69, 9.17) is 5.21 Å². The largest absolute Gasteiger partial charge is 0.411 e. The average Bonchev–Trinajstić information content (AvgIpc) is 2.24. The fraction of sp³-hybridized carbons (Fsp3) is 0.917. The van der Waals surface area contributed by atoms with E-state index in [0.717, 1.165) is 5.71 Å². The first-order valence-corrected chi connectivity index (χ1v) is 6.03. The maximum Gasteiger partial charge on any atom is 0.0570 e. The van der Waals surface area contributed by atoms with Gasteiger partial charge in [0, 0.05) is 5.92 Å². The first-order chi connectivity index (χ1) is 6.84. The Morgan fingerprint density at radius 2 is 1.36 bits per heavy atom. The zero-order valence-corrected chi connectivity index (χ0v) is 9.34. The van der Waals surface area contributed by atoms with Gasteiger partial charge in [0.05, 0.1) is 5.71 Å². The summed E-state index contributed by atoms with van der Waals surface area (Å²) in [6.45, 7) is 1.95. The third kappa shape index (κ3) is 4.12. The van der Waals surface area contributed by atoms with Gasteiger partial charge in [0.1, 0.15) is 0 Å². The molecule has 1 saturated carbocycles. The Balaban J connectivity index is 2.38. The monoisotopic (exact) mass is 197 g/mol. The van der Waals surface area contributed by atoms with Crippen molar-refractivity contribution in [2.24, 2.45) is 11.1 Å². The molecule has 0 aliphatic heterocycles. The molecule has 1 aliphatic rings. The second-order valence-corrected chi connectivity index (χ2v) is 4.49. The van der Waals surface area contributed by atoms with Crippen LogP contribution in [0, 0.1) is 5.92 Å². The molecule has 14 heavy (non-hydrogen) atoms. The molecule has 0 bridgehead atoms. The van der Waals surface area contributed by atoms with Gasteiger partial charge in [-0.2, -0.15) is 0 Å². The molecule has 2 nitrogen and oxygen atoms in total. The molecule has 0 amide bonds. The van der Waals surface area contributed by atoms with Crippen molar-refractivity contribution >= 4 is 5.71 Å². The third-order valence-corrected chi connectivity index (χ3v) is 3.35. The minimum absolute atomic E-state index is 0.540. The number of rotatable bonds is 1. The average molecular weight is 197 g/mol. The van der Waals surface area contributed by atoms with E-state index in [0.29, 0.717) is 5.92 Å². The van der Waals surface area contributed by atoms with Crippen LogP contribution in [0.15, 0.2) is 5.16 Å². The summed E-state index contributed by atoms with van der Waals surface area (Å²) in [6.07, 6.45) is 12.0. The van der Waals surface area contributed by atoms with Gasteiger partial charge in [0.25, 0.3) is 0 Å². The van der Waals surface area contributed by atoms with Crippen molar-refractivity contribution in [2.75, 3.05) is 0 Å². The topological polar surface area (TPSA) is 32.6 Å².